The number of para-hydroxylation sites is 8. The Morgan fingerprint density at radius 3 is 0.711 bits per heavy atom. The lowest BCUT2D eigenvalue weighted by Crippen LogP contribution is -2.01. The van der Waals surface area contributed by atoms with Gasteiger partial charge in [-0.3, -0.25) is 0 Å². The van der Waals surface area contributed by atoms with Gasteiger partial charge in [-0.1, -0.05) is 433 Å². The summed E-state index contributed by atoms with van der Waals surface area (Å²) in [5.41, 5.74) is 36.7. The van der Waals surface area contributed by atoms with E-state index >= 15 is 0 Å². The van der Waals surface area contributed by atoms with Crippen LogP contribution < -0.4 is 0 Å². The van der Waals surface area contributed by atoms with Crippen LogP contribution in [0.1, 0.15) is 219 Å². The molecule has 0 aliphatic carbocycles. The number of aryl methyl sites for hydroxylation is 12. The predicted octanol–water partition coefficient (Wildman–Crippen LogP) is 39.7. The first-order valence-corrected chi connectivity index (χ1v) is 53.2. The van der Waals surface area contributed by atoms with Gasteiger partial charge < -0.3 is 36.5 Å². The molecule has 8 heteroatoms. The van der Waals surface area contributed by atoms with Gasteiger partial charge in [0.2, 0.25) is 0 Å². The molecule has 0 amide bonds. The average molecular weight is 1880 g/mol. The second-order valence-corrected chi connectivity index (χ2v) is 34.2. The SMILES string of the molecule is CC.CC.CC.CC.CC.CC.CC.CC.CC.CC.CC.Cc1cc(C)cc(Cn2c3ccccc3c3cc4c(cc32)c2ccccc2n4C)c1.Cc1cc(C)cc(Cn2c3ccccc3c3cc4c5ccccc5n(C)c4cc32)c1.Cc1cc(C)cc(Cn2c3ccccc3c3ccc4c(c5ccccc5n4C)c32)c1.Cc1cc(C)cc(Cn2c3ccccc3c3ccc4c5ccccc5n(C)c4c32)c1. The van der Waals surface area contributed by atoms with Crippen molar-refractivity contribution in [2.24, 2.45) is 28.2 Å². The molecular formula is C134H162N8. The fourth-order valence-corrected chi connectivity index (χ4v) is 21.0. The van der Waals surface area contributed by atoms with Crippen molar-refractivity contribution in [3.05, 3.63) is 382 Å². The molecule has 0 bridgehead atoms. The molecule has 0 saturated heterocycles. The minimum Gasteiger partial charge on any atom is -0.344 e. The van der Waals surface area contributed by atoms with E-state index in [1.54, 1.807) is 0 Å². The number of aromatic nitrogens is 8. The van der Waals surface area contributed by atoms with Crippen LogP contribution in [-0.4, -0.2) is 36.5 Å². The molecule has 0 saturated carbocycles. The largest absolute Gasteiger partial charge is 0.344 e. The van der Waals surface area contributed by atoms with Crippen molar-refractivity contribution in [2.75, 3.05) is 0 Å². The fourth-order valence-electron chi connectivity index (χ4n) is 21.0. The van der Waals surface area contributed by atoms with Crippen molar-refractivity contribution in [1.29, 1.82) is 0 Å². The van der Waals surface area contributed by atoms with Gasteiger partial charge in [0.15, 0.2) is 0 Å². The van der Waals surface area contributed by atoms with Crippen molar-refractivity contribution in [1.82, 2.24) is 36.5 Å². The fraction of sp³-hybridized carbons (Fsp3) is 0.284. The quantitative estimate of drug-likeness (QED) is 0.145. The zero-order valence-corrected chi connectivity index (χ0v) is 92.4. The van der Waals surface area contributed by atoms with E-state index in [-0.39, 0.29) is 0 Å². The van der Waals surface area contributed by atoms with E-state index in [1.807, 2.05) is 152 Å². The maximum Gasteiger partial charge on any atom is 0.0742 e. The highest BCUT2D eigenvalue weighted by atomic mass is 15.0. The maximum absolute atomic E-state index is 2.52. The maximum atomic E-state index is 2.52. The first-order valence-electron chi connectivity index (χ1n) is 53.2. The highest BCUT2D eigenvalue weighted by Crippen LogP contribution is 2.44. The number of fused-ring (bicyclic) bond motifs is 26. The normalized spacial score (nSPS) is 10.6. The molecule has 0 aliphatic heterocycles. The second kappa shape index (κ2) is 51.4. The molecule has 0 atom stereocenters. The first kappa shape index (κ1) is 110. The minimum absolute atomic E-state index is 0.868. The summed E-state index contributed by atoms with van der Waals surface area (Å²) in [7, 11) is 8.72. The monoisotopic (exact) mass is 1880 g/mol. The van der Waals surface area contributed by atoms with Gasteiger partial charge in [-0.05, 0) is 157 Å². The molecule has 738 valence electrons. The number of rotatable bonds is 8. The smallest absolute Gasteiger partial charge is 0.0742 e. The third-order valence-corrected chi connectivity index (χ3v) is 25.7. The van der Waals surface area contributed by atoms with Crippen LogP contribution in [0.5, 0.6) is 0 Å². The molecular weight excluding hydrogens is 1720 g/mol. The molecule has 0 aliphatic rings. The lowest BCUT2D eigenvalue weighted by Gasteiger charge is -2.11. The van der Waals surface area contributed by atoms with Crippen LogP contribution in [0.3, 0.4) is 0 Å². The molecule has 8 aromatic heterocycles. The van der Waals surface area contributed by atoms with Gasteiger partial charge in [-0.25, -0.2) is 0 Å². The standard InChI is InChI=1S/4C28H24N2.11C2H6/c1-18-14-19(2)16-20(15-18)17-30-25-11-7-4-8-21(25)22-12-13-26-27(28(22)30)23-9-5-6-10-24(23)29(26)3;1-18-12-19(2)14-20(13-18)17-30-26-11-7-5-9-22(26)24-15-27-23(16-28(24)30)21-8-4-6-10-25(21)29(27)3;1-18-12-19(2)14-20(13-18)17-30-26-11-7-5-9-22(26)24-15-23-21-8-4-6-10-25(21)29(3)27(23)16-28(24)30;1-18-14-19(2)16-20(15-18)17-30-26-11-7-5-9-22(26)24-13-12-23-21-8-4-6-10-25(21)29(3)27(23)28(24)30;11*1-2/h4*4-16H,17H2,1-3H3;11*1-2H3. The molecule has 0 fully saturated rings. The molecule has 24 rings (SSSR count). The Kier molecular flexibility index (Phi) is 39.8. The summed E-state index contributed by atoms with van der Waals surface area (Å²) in [6.45, 7) is 65.0. The lowest BCUT2D eigenvalue weighted by atomic mass is 10.1. The highest BCUT2D eigenvalue weighted by Gasteiger charge is 2.24. The Bertz CT molecular complexity index is 8190. The van der Waals surface area contributed by atoms with Crippen LogP contribution in [0, 0.1) is 55.4 Å². The summed E-state index contributed by atoms with van der Waals surface area (Å²) in [5.74, 6) is 0. The van der Waals surface area contributed by atoms with E-state index in [0.29, 0.717) is 0 Å². The Morgan fingerprint density at radius 2 is 0.352 bits per heavy atom. The number of hydrogen-bond donors (Lipinski definition) is 0. The Balaban J connectivity index is 0.000000182. The number of nitrogens with zero attached hydrogens (tertiary/aromatic N) is 8. The molecule has 0 N–H and O–H groups in total. The molecule has 8 heterocycles. The van der Waals surface area contributed by atoms with E-state index in [2.05, 4.69) is 436 Å². The second-order valence-electron chi connectivity index (χ2n) is 34.2. The first-order chi connectivity index (χ1) is 69.4. The molecule has 16 aromatic carbocycles. The summed E-state index contributed by atoms with van der Waals surface area (Å²) < 4.78 is 19.3. The summed E-state index contributed by atoms with van der Waals surface area (Å²) >= 11 is 0. The molecule has 0 spiro atoms. The van der Waals surface area contributed by atoms with Crippen LogP contribution in [0.4, 0.5) is 0 Å². The van der Waals surface area contributed by atoms with Crippen LogP contribution in [0.25, 0.3) is 174 Å². The topological polar surface area (TPSA) is 39.4 Å². The van der Waals surface area contributed by atoms with Crippen molar-refractivity contribution in [3.63, 3.8) is 0 Å². The molecule has 8 nitrogen and oxygen atoms in total. The third kappa shape index (κ3) is 21.8. The van der Waals surface area contributed by atoms with Gasteiger partial charge in [-0.2, -0.15) is 0 Å². The zero-order valence-electron chi connectivity index (χ0n) is 92.4. The van der Waals surface area contributed by atoms with Crippen LogP contribution in [0.2, 0.25) is 0 Å². The molecule has 24 aromatic rings. The van der Waals surface area contributed by atoms with E-state index < -0.39 is 0 Å². The molecule has 0 radical (unpaired) electrons. The minimum atomic E-state index is 0.868. The predicted molar refractivity (Wildman–Crippen MR) is 639 cm³/mol. The van der Waals surface area contributed by atoms with Crippen molar-refractivity contribution >= 4 is 174 Å². The van der Waals surface area contributed by atoms with Gasteiger partial charge in [0.1, 0.15) is 0 Å². The Hall–Kier alpha value is -14.1. The van der Waals surface area contributed by atoms with Crippen LogP contribution >= 0.6 is 0 Å². The van der Waals surface area contributed by atoms with Crippen molar-refractivity contribution in [2.45, 2.75) is 234 Å². The summed E-state index contributed by atoms with van der Waals surface area (Å²) in [6, 6.07) is 116. The van der Waals surface area contributed by atoms with E-state index in [4.69, 9.17) is 0 Å². The van der Waals surface area contributed by atoms with Crippen LogP contribution in [-0.2, 0) is 54.4 Å². The Labute approximate surface area is 849 Å². The molecule has 142 heavy (non-hydrogen) atoms. The van der Waals surface area contributed by atoms with Crippen molar-refractivity contribution < 1.29 is 0 Å². The van der Waals surface area contributed by atoms with Gasteiger partial charge in [0.05, 0.1) is 38.6 Å². The van der Waals surface area contributed by atoms with Crippen LogP contribution in [0.15, 0.2) is 315 Å². The highest BCUT2D eigenvalue weighted by molar-refractivity contribution is 6.27. The molecule has 0 unspecified atom stereocenters. The zero-order chi connectivity index (χ0) is 104. The lowest BCUT2D eigenvalue weighted by molar-refractivity contribution is 0.864. The van der Waals surface area contributed by atoms with Crippen molar-refractivity contribution in [3.8, 4) is 0 Å². The number of benzene rings is 16. The van der Waals surface area contributed by atoms with E-state index in [1.165, 1.54) is 241 Å². The number of hydrogen-bond acceptors (Lipinski definition) is 0. The summed E-state index contributed by atoms with van der Waals surface area (Å²) in [5, 5.41) is 21.2. The van der Waals surface area contributed by atoms with E-state index in [0.717, 1.165) is 26.2 Å². The Morgan fingerprint density at radius 1 is 0.141 bits per heavy atom. The van der Waals surface area contributed by atoms with Gasteiger partial charge in [0, 0.05) is 190 Å². The summed E-state index contributed by atoms with van der Waals surface area (Å²) in [6.07, 6.45) is 0. The third-order valence-electron chi connectivity index (χ3n) is 25.7. The average Bonchev–Trinajstić information content (AvgIpc) is 1.57. The van der Waals surface area contributed by atoms with Gasteiger partial charge in [-0.15, -0.1) is 0 Å². The van der Waals surface area contributed by atoms with Gasteiger partial charge >= 0.3 is 0 Å². The summed E-state index contributed by atoms with van der Waals surface area (Å²) in [4.78, 5) is 0. The van der Waals surface area contributed by atoms with Gasteiger partial charge in [0.25, 0.3) is 0 Å². The van der Waals surface area contributed by atoms with E-state index in [9.17, 15) is 0 Å².